The molecule has 17 heavy (non-hydrogen) atoms. The van der Waals surface area contributed by atoms with Crippen LogP contribution in [0.25, 0.3) is 6.08 Å². The van der Waals surface area contributed by atoms with E-state index in [0.29, 0.717) is 6.04 Å². The van der Waals surface area contributed by atoms with Crippen molar-refractivity contribution in [3.05, 3.63) is 24.0 Å². The number of nitrogens with zero attached hydrogens (tertiary/aromatic N) is 3. The number of carbonyl (C=O) groups excluding carboxylic acids is 1. The molecule has 1 aliphatic heterocycles. The maximum Gasteiger partial charge on any atom is 0.246 e. The van der Waals surface area contributed by atoms with E-state index in [1.165, 1.54) is 0 Å². The van der Waals surface area contributed by atoms with Gasteiger partial charge >= 0.3 is 0 Å². The average molecular weight is 234 g/mol. The van der Waals surface area contributed by atoms with Crippen LogP contribution in [0.4, 0.5) is 0 Å². The normalized spacial score (nSPS) is 20.0. The highest BCUT2D eigenvalue weighted by atomic mass is 16.2. The Balaban J connectivity index is 1.96. The summed E-state index contributed by atoms with van der Waals surface area (Å²) in [5.41, 5.74) is 0.927. The van der Waals surface area contributed by atoms with E-state index < -0.39 is 0 Å². The van der Waals surface area contributed by atoms with Gasteiger partial charge in [-0.15, -0.1) is 0 Å². The smallest absolute Gasteiger partial charge is 0.246 e. The summed E-state index contributed by atoms with van der Waals surface area (Å²) in [6, 6.07) is 2.19. The van der Waals surface area contributed by atoms with E-state index in [1.54, 1.807) is 27.9 Å². The summed E-state index contributed by atoms with van der Waals surface area (Å²) in [6.07, 6.45) is 6.15. The Bertz CT molecular complexity index is 418. The van der Waals surface area contributed by atoms with E-state index in [1.807, 2.05) is 20.2 Å². The van der Waals surface area contributed by atoms with Gasteiger partial charge in [0.1, 0.15) is 0 Å². The second-order valence-corrected chi connectivity index (χ2v) is 4.31. The maximum absolute atomic E-state index is 11.9. The lowest BCUT2D eigenvalue weighted by molar-refractivity contribution is -0.126. The number of hydrogen-bond donors (Lipinski definition) is 1. The number of hydrogen-bond acceptors (Lipinski definition) is 3. The molecule has 0 aromatic carbocycles. The van der Waals surface area contributed by atoms with Gasteiger partial charge in [0.2, 0.25) is 5.91 Å². The quantitative estimate of drug-likeness (QED) is 0.763. The Labute approximate surface area is 101 Å². The summed E-state index contributed by atoms with van der Waals surface area (Å²) < 4.78 is 1.74. The molecule has 92 valence electrons. The van der Waals surface area contributed by atoms with E-state index in [9.17, 15) is 4.79 Å². The predicted octanol–water partition coefficient (Wildman–Crippen LogP) is 0.254. The zero-order valence-corrected chi connectivity index (χ0v) is 10.3. The van der Waals surface area contributed by atoms with Crippen LogP contribution < -0.4 is 5.32 Å². The van der Waals surface area contributed by atoms with Crippen molar-refractivity contribution in [2.24, 2.45) is 7.05 Å². The molecule has 5 nitrogen and oxygen atoms in total. The van der Waals surface area contributed by atoms with Crippen molar-refractivity contribution in [3.8, 4) is 0 Å². The molecule has 1 N–H and O–H groups in total. The molecule has 1 aromatic rings. The SMILES string of the molecule is CN(C(=O)C=Cc1ccnn1C)C1CCNC1. The lowest BCUT2D eigenvalue weighted by Crippen LogP contribution is -2.37. The number of aryl methyl sites for hydroxylation is 1. The van der Waals surface area contributed by atoms with Gasteiger partial charge in [0.25, 0.3) is 0 Å². The fourth-order valence-electron chi connectivity index (χ4n) is 1.97. The Morgan fingerprint density at radius 1 is 1.71 bits per heavy atom. The minimum Gasteiger partial charge on any atom is -0.338 e. The lowest BCUT2D eigenvalue weighted by atomic mass is 10.2. The standard InChI is InChI=1S/C12H18N4O/c1-15(11-5-7-13-9-11)12(17)4-3-10-6-8-14-16(10)2/h3-4,6,8,11,13H,5,7,9H2,1-2H3. The molecule has 5 heteroatoms. The number of rotatable bonds is 3. The summed E-state index contributed by atoms with van der Waals surface area (Å²) in [6.45, 7) is 1.88. The Morgan fingerprint density at radius 2 is 2.53 bits per heavy atom. The van der Waals surface area contributed by atoms with Crippen LogP contribution in [0.3, 0.4) is 0 Å². The highest BCUT2D eigenvalue weighted by Gasteiger charge is 2.21. The van der Waals surface area contributed by atoms with Crippen LogP contribution in [-0.4, -0.2) is 46.8 Å². The van der Waals surface area contributed by atoms with Crippen molar-refractivity contribution in [2.75, 3.05) is 20.1 Å². The molecule has 1 aliphatic rings. The first-order chi connectivity index (χ1) is 8.18. The maximum atomic E-state index is 11.9. The van der Waals surface area contributed by atoms with Crippen LogP contribution in [0.2, 0.25) is 0 Å². The fraction of sp³-hybridized carbons (Fsp3) is 0.500. The van der Waals surface area contributed by atoms with Gasteiger partial charge in [-0.1, -0.05) is 0 Å². The van der Waals surface area contributed by atoms with Gasteiger partial charge in [-0.05, 0) is 25.1 Å². The topological polar surface area (TPSA) is 50.2 Å². The van der Waals surface area contributed by atoms with Crippen molar-refractivity contribution in [1.29, 1.82) is 0 Å². The average Bonchev–Trinajstić information content (AvgIpc) is 2.96. The van der Waals surface area contributed by atoms with Crippen molar-refractivity contribution in [3.63, 3.8) is 0 Å². The highest BCUT2D eigenvalue weighted by Crippen LogP contribution is 2.07. The molecule has 0 saturated carbocycles. The number of likely N-dealkylation sites (N-methyl/N-ethyl adjacent to an activating group) is 1. The van der Waals surface area contributed by atoms with Crippen LogP contribution in [0.1, 0.15) is 12.1 Å². The van der Waals surface area contributed by atoms with Crippen molar-refractivity contribution in [1.82, 2.24) is 20.0 Å². The van der Waals surface area contributed by atoms with Gasteiger partial charge in [-0.3, -0.25) is 9.48 Å². The second kappa shape index (κ2) is 5.14. The third-order valence-electron chi connectivity index (χ3n) is 3.19. The van der Waals surface area contributed by atoms with Crippen LogP contribution in [0, 0.1) is 0 Å². The fourth-order valence-corrected chi connectivity index (χ4v) is 1.97. The molecule has 2 heterocycles. The molecule has 0 radical (unpaired) electrons. The highest BCUT2D eigenvalue weighted by molar-refractivity contribution is 5.91. The van der Waals surface area contributed by atoms with Crippen molar-refractivity contribution >= 4 is 12.0 Å². The predicted molar refractivity (Wildman–Crippen MR) is 66.3 cm³/mol. The summed E-state index contributed by atoms with van der Waals surface area (Å²) in [5.74, 6) is 0.0416. The van der Waals surface area contributed by atoms with Gasteiger partial charge in [0, 0.05) is 39.0 Å². The first-order valence-corrected chi connectivity index (χ1v) is 5.82. The van der Waals surface area contributed by atoms with Crippen molar-refractivity contribution < 1.29 is 4.79 Å². The third kappa shape index (κ3) is 2.74. The molecule has 0 aliphatic carbocycles. The van der Waals surface area contributed by atoms with E-state index in [-0.39, 0.29) is 5.91 Å². The summed E-state index contributed by atoms with van der Waals surface area (Å²) in [7, 11) is 3.71. The Morgan fingerprint density at radius 3 is 3.12 bits per heavy atom. The molecular formula is C12H18N4O. The molecule has 1 atom stereocenters. The van der Waals surface area contributed by atoms with Gasteiger partial charge in [-0.2, -0.15) is 5.10 Å². The van der Waals surface area contributed by atoms with Crippen LogP contribution in [0.5, 0.6) is 0 Å². The third-order valence-corrected chi connectivity index (χ3v) is 3.19. The zero-order valence-electron chi connectivity index (χ0n) is 10.3. The molecule has 1 amide bonds. The molecule has 0 spiro atoms. The largest absolute Gasteiger partial charge is 0.338 e. The molecule has 1 unspecified atom stereocenters. The first-order valence-electron chi connectivity index (χ1n) is 5.82. The number of amides is 1. The van der Waals surface area contributed by atoms with Gasteiger partial charge in [0.05, 0.1) is 5.69 Å². The van der Waals surface area contributed by atoms with Crippen LogP contribution in [-0.2, 0) is 11.8 Å². The van der Waals surface area contributed by atoms with E-state index in [0.717, 1.165) is 25.2 Å². The Kier molecular flexibility index (Phi) is 3.58. The monoisotopic (exact) mass is 234 g/mol. The molecule has 0 bridgehead atoms. The molecule has 1 fully saturated rings. The number of aromatic nitrogens is 2. The van der Waals surface area contributed by atoms with E-state index in [2.05, 4.69) is 10.4 Å². The molecular weight excluding hydrogens is 216 g/mol. The summed E-state index contributed by atoms with van der Waals surface area (Å²) in [4.78, 5) is 13.7. The second-order valence-electron chi connectivity index (χ2n) is 4.31. The molecule has 2 rings (SSSR count). The lowest BCUT2D eigenvalue weighted by Gasteiger charge is -2.22. The first kappa shape index (κ1) is 11.9. The summed E-state index contributed by atoms with van der Waals surface area (Å²) >= 11 is 0. The molecule has 1 saturated heterocycles. The summed E-state index contributed by atoms with van der Waals surface area (Å²) in [5, 5.41) is 7.30. The minimum absolute atomic E-state index is 0.0416. The van der Waals surface area contributed by atoms with Gasteiger partial charge < -0.3 is 10.2 Å². The van der Waals surface area contributed by atoms with E-state index >= 15 is 0 Å². The van der Waals surface area contributed by atoms with E-state index in [4.69, 9.17) is 0 Å². The molecule has 1 aromatic heterocycles. The number of nitrogens with one attached hydrogen (secondary N) is 1. The van der Waals surface area contributed by atoms with Crippen molar-refractivity contribution in [2.45, 2.75) is 12.5 Å². The zero-order chi connectivity index (χ0) is 12.3. The van der Waals surface area contributed by atoms with Gasteiger partial charge in [0.15, 0.2) is 0 Å². The Hall–Kier alpha value is -1.62. The number of carbonyl (C=O) groups is 1. The van der Waals surface area contributed by atoms with Gasteiger partial charge in [-0.25, -0.2) is 0 Å². The minimum atomic E-state index is 0.0416. The van der Waals surface area contributed by atoms with Crippen LogP contribution >= 0.6 is 0 Å². The van der Waals surface area contributed by atoms with Crippen LogP contribution in [0.15, 0.2) is 18.3 Å².